The molecule has 0 unspecified atom stereocenters. The average Bonchev–Trinajstić information content (AvgIpc) is 2.16. The molecule has 1 rings (SSSR count). The first-order chi connectivity index (χ1) is 6.33. The van der Waals surface area contributed by atoms with E-state index in [1.807, 2.05) is 0 Å². The second kappa shape index (κ2) is 6.17. The molecular formula is C12H23N. The highest BCUT2D eigenvalue weighted by molar-refractivity contribution is 5.82. The molecule has 13 heavy (non-hydrogen) atoms. The minimum absolute atomic E-state index is 0.672. The maximum absolute atomic E-state index is 4.79. The van der Waals surface area contributed by atoms with E-state index in [0.717, 1.165) is 0 Å². The van der Waals surface area contributed by atoms with Crippen LogP contribution < -0.4 is 0 Å². The Kier molecular flexibility index (Phi) is 5.10. The summed E-state index contributed by atoms with van der Waals surface area (Å²) in [4.78, 5) is 4.79. The van der Waals surface area contributed by atoms with Crippen LogP contribution in [0.5, 0.6) is 0 Å². The highest BCUT2D eigenvalue weighted by Gasteiger charge is 2.11. The molecule has 0 saturated heterocycles. The highest BCUT2D eigenvalue weighted by atomic mass is 14.8. The lowest BCUT2D eigenvalue weighted by Crippen LogP contribution is -2.11. The number of aliphatic imine (C=N–C) groups is 1. The highest BCUT2D eigenvalue weighted by Crippen LogP contribution is 2.20. The van der Waals surface area contributed by atoms with Gasteiger partial charge in [0.15, 0.2) is 0 Å². The van der Waals surface area contributed by atoms with Crippen molar-refractivity contribution in [1.82, 2.24) is 0 Å². The van der Waals surface area contributed by atoms with Gasteiger partial charge in [0.1, 0.15) is 0 Å². The fraction of sp³-hybridized carbons (Fsp3) is 0.917. The molecule has 0 heterocycles. The third kappa shape index (κ3) is 4.44. The molecule has 0 bridgehead atoms. The minimum atomic E-state index is 0.672. The van der Waals surface area contributed by atoms with Crippen molar-refractivity contribution in [3.63, 3.8) is 0 Å². The van der Waals surface area contributed by atoms with Crippen LogP contribution in [-0.4, -0.2) is 11.8 Å². The molecule has 0 aromatic rings. The summed E-state index contributed by atoms with van der Waals surface area (Å²) >= 11 is 0. The second-order valence-electron chi connectivity index (χ2n) is 4.26. The van der Waals surface area contributed by atoms with Crippen molar-refractivity contribution in [3.05, 3.63) is 0 Å². The fourth-order valence-electron chi connectivity index (χ4n) is 2.02. The first-order valence-electron chi connectivity index (χ1n) is 5.86. The van der Waals surface area contributed by atoms with Gasteiger partial charge in [0.2, 0.25) is 0 Å². The van der Waals surface area contributed by atoms with Gasteiger partial charge >= 0.3 is 0 Å². The molecule has 76 valence electrons. The van der Waals surface area contributed by atoms with Crippen molar-refractivity contribution in [2.45, 2.75) is 71.3 Å². The van der Waals surface area contributed by atoms with Crippen LogP contribution in [0.1, 0.15) is 65.2 Å². The SMILES string of the molecule is CCCCC(C)=NC1CCCCC1. The summed E-state index contributed by atoms with van der Waals surface area (Å²) in [6.07, 6.45) is 10.7. The molecular weight excluding hydrogens is 158 g/mol. The molecule has 0 N–H and O–H groups in total. The standard InChI is InChI=1S/C12H23N/c1-3-4-8-11(2)13-12-9-6-5-7-10-12/h12H,3-10H2,1-2H3. The van der Waals surface area contributed by atoms with Gasteiger partial charge in [-0.05, 0) is 32.6 Å². The zero-order valence-corrected chi connectivity index (χ0v) is 9.18. The van der Waals surface area contributed by atoms with Crippen molar-refractivity contribution in [2.24, 2.45) is 4.99 Å². The van der Waals surface area contributed by atoms with Gasteiger partial charge in [0.25, 0.3) is 0 Å². The number of unbranched alkanes of at least 4 members (excludes halogenated alkanes) is 1. The van der Waals surface area contributed by atoms with Crippen LogP contribution in [0.3, 0.4) is 0 Å². The maximum Gasteiger partial charge on any atom is 0.0498 e. The third-order valence-corrected chi connectivity index (χ3v) is 2.87. The molecule has 1 nitrogen and oxygen atoms in total. The van der Waals surface area contributed by atoms with E-state index >= 15 is 0 Å². The summed E-state index contributed by atoms with van der Waals surface area (Å²) in [5, 5.41) is 0. The summed E-state index contributed by atoms with van der Waals surface area (Å²) in [6, 6.07) is 0.672. The Balaban J connectivity index is 2.25. The van der Waals surface area contributed by atoms with Crippen LogP contribution in [0.4, 0.5) is 0 Å². The molecule has 0 aromatic carbocycles. The largest absolute Gasteiger partial charge is 0.291 e. The lowest BCUT2D eigenvalue weighted by molar-refractivity contribution is 0.442. The molecule has 0 amide bonds. The van der Waals surface area contributed by atoms with Crippen LogP contribution in [0.25, 0.3) is 0 Å². The monoisotopic (exact) mass is 181 g/mol. The lowest BCUT2D eigenvalue weighted by Gasteiger charge is -2.18. The molecule has 0 spiro atoms. The van der Waals surface area contributed by atoms with Gasteiger partial charge in [-0.15, -0.1) is 0 Å². The molecule has 0 aromatic heterocycles. The Morgan fingerprint density at radius 1 is 1.23 bits per heavy atom. The van der Waals surface area contributed by atoms with Crippen LogP contribution in [0, 0.1) is 0 Å². The Bertz CT molecular complexity index is 155. The number of hydrogen-bond donors (Lipinski definition) is 0. The maximum atomic E-state index is 4.79. The summed E-state index contributed by atoms with van der Waals surface area (Å²) in [7, 11) is 0. The fourth-order valence-corrected chi connectivity index (χ4v) is 2.02. The smallest absolute Gasteiger partial charge is 0.0498 e. The quantitative estimate of drug-likeness (QED) is 0.582. The van der Waals surface area contributed by atoms with Gasteiger partial charge in [-0.25, -0.2) is 0 Å². The van der Waals surface area contributed by atoms with E-state index in [0.29, 0.717) is 6.04 Å². The predicted molar refractivity (Wildman–Crippen MR) is 59.5 cm³/mol. The van der Waals surface area contributed by atoms with E-state index in [1.54, 1.807) is 0 Å². The third-order valence-electron chi connectivity index (χ3n) is 2.87. The number of nitrogens with zero attached hydrogens (tertiary/aromatic N) is 1. The van der Waals surface area contributed by atoms with E-state index in [4.69, 9.17) is 4.99 Å². The van der Waals surface area contributed by atoms with E-state index in [-0.39, 0.29) is 0 Å². The van der Waals surface area contributed by atoms with Gasteiger partial charge < -0.3 is 0 Å². The topological polar surface area (TPSA) is 12.4 Å². The molecule has 1 saturated carbocycles. The van der Waals surface area contributed by atoms with E-state index in [2.05, 4.69) is 13.8 Å². The first-order valence-corrected chi connectivity index (χ1v) is 5.86. The summed E-state index contributed by atoms with van der Waals surface area (Å²) in [6.45, 7) is 4.44. The van der Waals surface area contributed by atoms with Crippen molar-refractivity contribution in [2.75, 3.05) is 0 Å². The molecule has 0 radical (unpaired) electrons. The summed E-state index contributed by atoms with van der Waals surface area (Å²) in [5.74, 6) is 0. The van der Waals surface area contributed by atoms with E-state index < -0.39 is 0 Å². The van der Waals surface area contributed by atoms with Crippen molar-refractivity contribution in [1.29, 1.82) is 0 Å². The average molecular weight is 181 g/mol. The van der Waals surface area contributed by atoms with Crippen molar-refractivity contribution < 1.29 is 0 Å². The molecule has 0 aliphatic heterocycles. The van der Waals surface area contributed by atoms with E-state index in [1.165, 1.54) is 57.1 Å². The number of rotatable bonds is 4. The molecule has 1 aliphatic rings. The van der Waals surface area contributed by atoms with Gasteiger partial charge in [0.05, 0.1) is 0 Å². The van der Waals surface area contributed by atoms with Crippen molar-refractivity contribution in [3.8, 4) is 0 Å². The van der Waals surface area contributed by atoms with Gasteiger partial charge in [0, 0.05) is 11.8 Å². The van der Waals surface area contributed by atoms with Gasteiger partial charge in [-0.1, -0.05) is 32.6 Å². The molecule has 1 aliphatic carbocycles. The first kappa shape index (κ1) is 10.7. The Hall–Kier alpha value is -0.330. The molecule has 0 atom stereocenters. The number of hydrogen-bond acceptors (Lipinski definition) is 1. The summed E-state index contributed by atoms with van der Waals surface area (Å²) in [5.41, 5.74) is 1.38. The van der Waals surface area contributed by atoms with Gasteiger partial charge in [-0.2, -0.15) is 0 Å². The molecule has 1 heteroatoms. The van der Waals surface area contributed by atoms with Crippen LogP contribution in [0.15, 0.2) is 4.99 Å². The summed E-state index contributed by atoms with van der Waals surface area (Å²) < 4.78 is 0. The van der Waals surface area contributed by atoms with Crippen molar-refractivity contribution >= 4 is 5.71 Å². The molecule has 1 fully saturated rings. The predicted octanol–water partition coefficient (Wildman–Crippen LogP) is 3.97. The lowest BCUT2D eigenvalue weighted by atomic mass is 9.96. The van der Waals surface area contributed by atoms with Crippen LogP contribution >= 0.6 is 0 Å². The van der Waals surface area contributed by atoms with Gasteiger partial charge in [-0.3, -0.25) is 4.99 Å². The zero-order valence-electron chi connectivity index (χ0n) is 9.18. The second-order valence-corrected chi connectivity index (χ2v) is 4.26. The van der Waals surface area contributed by atoms with E-state index in [9.17, 15) is 0 Å². The normalized spacial score (nSPS) is 20.6. The van der Waals surface area contributed by atoms with Crippen LogP contribution in [0.2, 0.25) is 0 Å². The minimum Gasteiger partial charge on any atom is -0.291 e. The Morgan fingerprint density at radius 3 is 2.54 bits per heavy atom. The zero-order chi connectivity index (χ0) is 9.52. The Labute approximate surface area is 82.6 Å². The Morgan fingerprint density at radius 2 is 1.92 bits per heavy atom. The van der Waals surface area contributed by atoms with Crippen LogP contribution in [-0.2, 0) is 0 Å².